The van der Waals surface area contributed by atoms with E-state index in [1.807, 2.05) is 12.1 Å². The Morgan fingerprint density at radius 1 is 0.815 bits per heavy atom. The molecule has 146 valence electrons. The van der Waals surface area contributed by atoms with E-state index in [1.54, 1.807) is 28.4 Å². The zero-order chi connectivity index (χ0) is 18.5. The van der Waals surface area contributed by atoms with E-state index in [0.29, 0.717) is 0 Å². The number of halogens is 1. The topological polar surface area (TPSA) is 39.9 Å². The first kappa shape index (κ1) is 21.1. The standard InChI is InChI=1S/C21H26NO4.BrH/c1-23-18-6-5-15(11-19(18)24-2)7-9-22-10-8-16-12-20(25-3)21(26-4)13-17(16)14-22;/h5-6,11-14H,7-10H2,1-4H3;1H/q+1;/p-1. The van der Waals surface area contributed by atoms with Crippen molar-refractivity contribution in [1.29, 1.82) is 0 Å². The molecule has 0 saturated carbocycles. The van der Waals surface area contributed by atoms with E-state index in [1.165, 1.54) is 16.7 Å². The van der Waals surface area contributed by atoms with Crippen molar-refractivity contribution >= 4 is 6.21 Å². The second kappa shape index (κ2) is 9.65. The zero-order valence-electron chi connectivity index (χ0n) is 16.3. The molecule has 0 spiro atoms. The van der Waals surface area contributed by atoms with Crippen LogP contribution in [0.2, 0.25) is 0 Å². The molecule has 3 rings (SSSR count). The van der Waals surface area contributed by atoms with E-state index in [9.17, 15) is 0 Å². The summed E-state index contributed by atoms with van der Waals surface area (Å²) < 4.78 is 23.9. The van der Waals surface area contributed by atoms with Crippen molar-refractivity contribution in [3.8, 4) is 23.0 Å². The summed E-state index contributed by atoms with van der Waals surface area (Å²) in [6.07, 6.45) is 4.15. The summed E-state index contributed by atoms with van der Waals surface area (Å²) in [7, 11) is 6.66. The van der Waals surface area contributed by atoms with Crippen LogP contribution >= 0.6 is 0 Å². The highest BCUT2D eigenvalue weighted by molar-refractivity contribution is 5.80. The van der Waals surface area contributed by atoms with Crippen LogP contribution in [0.15, 0.2) is 30.3 Å². The third-order valence-corrected chi connectivity index (χ3v) is 4.77. The second-order valence-electron chi connectivity index (χ2n) is 6.26. The maximum absolute atomic E-state index is 5.42. The lowest BCUT2D eigenvalue weighted by molar-refractivity contribution is -0.523. The Hall–Kier alpha value is -2.21. The fourth-order valence-corrected chi connectivity index (χ4v) is 3.28. The summed E-state index contributed by atoms with van der Waals surface area (Å²) in [6.45, 7) is 1.94. The molecule has 0 aromatic heterocycles. The van der Waals surface area contributed by atoms with Crippen LogP contribution in [-0.4, -0.2) is 52.3 Å². The van der Waals surface area contributed by atoms with E-state index in [2.05, 4.69) is 29.0 Å². The molecule has 27 heavy (non-hydrogen) atoms. The Kier molecular flexibility index (Phi) is 7.54. The van der Waals surface area contributed by atoms with Crippen molar-refractivity contribution in [3.63, 3.8) is 0 Å². The molecule has 0 fully saturated rings. The highest BCUT2D eigenvalue weighted by Crippen LogP contribution is 2.31. The van der Waals surface area contributed by atoms with Gasteiger partial charge >= 0.3 is 0 Å². The third kappa shape index (κ3) is 4.75. The first-order valence-corrected chi connectivity index (χ1v) is 8.73. The molecule has 0 unspecified atom stereocenters. The smallest absolute Gasteiger partial charge is 0.171 e. The van der Waals surface area contributed by atoms with Gasteiger partial charge < -0.3 is 35.9 Å². The molecule has 1 aliphatic rings. The molecule has 0 aliphatic carbocycles. The number of benzene rings is 2. The second-order valence-corrected chi connectivity index (χ2v) is 6.26. The maximum Gasteiger partial charge on any atom is 0.171 e. The first-order valence-electron chi connectivity index (χ1n) is 8.73. The number of hydrogen-bond acceptors (Lipinski definition) is 4. The Morgan fingerprint density at radius 3 is 2.11 bits per heavy atom. The number of methoxy groups -OCH3 is 4. The summed E-state index contributed by atoms with van der Waals surface area (Å²) >= 11 is 0. The Bertz CT molecular complexity index is 820. The number of hydrogen-bond donors (Lipinski definition) is 0. The van der Waals surface area contributed by atoms with Crippen LogP contribution in [0.4, 0.5) is 0 Å². The van der Waals surface area contributed by atoms with Crippen molar-refractivity contribution in [2.75, 3.05) is 41.5 Å². The van der Waals surface area contributed by atoms with Gasteiger partial charge in [-0.05, 0) is 35.4 Å². The van der Waals surface area contributed by atoms with Gasteiger partial charge in [-0.25, -0.2) is 4.58 Å². The predicted octanol–water partition coefficient (Wildman–Crippen LogP) is -0.0448. The highest BCUT2D eigenvalue weighted by atomic mass is 79.9. The lowest BCUT2D eigenvalue weighted by Crippen LogP contribution is -3.00. The van der Waals surface area contributed by atoms with Crippen LogP contribution in [0.3, 0.4) is 0 Å². The number of nitrogens with zero attached hydrogens (tertiary/aromatic N) is 1. The number of rotatable bonds is 7. The van der Waals surface area contributed by atoms with Gasteiger partial charge in [-0.1, -0.05) is 6.07 Å². The lowest BCUT2D eigenvalue weighted by atomic mass is 10.0. The van der Waals surface area contributed by atoms with Gasteiger partial charge in [0.15, 0.2) is 29.2 Å². The molecule has 0 N–H and O–H groups in total. The molecule has 2 aromatic rings. The van der Waals surface area contributed by atoms with Crippen molar-refractivity contribution in [2.45, 2.75) is 12.8 Å². The van der Waals surface area contributed by atoms with Gasteiger partial charge in [-0.2, -0.15) is 0 Å². The number of fused-ring (bicyclic) bond motifs is 1. The van der Waals surface area contributed by atoms with Crippen LogP contribution in [0.5, 0.6) is 23.0 Å². The molecular formula is C21H26BrNO4. The minimum Gasteiger partial charge on any atom is -1.00 e. The Morgan fingerprint density at radius 2 is 1.44 bits per heavy atom. The predicted molar refractivity (Wildman–Crippen MR) is 102 cm³/mol. The molecule has 0 amide bonds. The average molecular weight is 436 g/mol. The van der Waals surface area contributed by atoms with E-state index in [0.717, 1.165) is 48.9 Å². The molecule has 0 saturated heterocycles. The molecule has 0 bridgehead atoms. The fraction of sp³-hybridized carbons (Fsp3) is 0.381. The summed E-state index contributed by atoms with van der Waals surface area (Å²) in [5.41, 5.74) is 3.72. The Balaban J connectivity index is 0.00000261. The maximum atomic E-state index is 5.42. The van der Waals surface area contributed by atoms with Crippen molar-refractivity contribution in [2.24, 2.45) is 0 Å². The minimum absolute atomic E-state index is 0. The third-order valence-electron chi connectivity index (χ3n) is 4.77. The summed E-state index contributed by atoms with van der Waals surface area (Å²) in [4.78, 5) is 0. The summed E-state index contributed by atoms with van der Waals surface area (Å²) in [6, 6.07) is 10.2. The van der Waals surface area contributed by atoms with E-state index in [4.69, 9.17) is 18.9 Å². The molecule has 0 radical (unpaired) electrons. The normalized spacial score (nSPS) is 12.4. The molecule has 0 atom stereocenters. The van der Waals surface area contributed by atoms with E-state index >= 15 is 0 Å². The molecule has 6 heteroatoms. The van der Waals surface area contributed by atoms with Crippen molar-refractivity contribution in [3.05, 3.63) is 47.0 Å². The van der Waals surface area contributed by atoms with Crippen LogP contribution in [0.1, 0.15) is 16.7 Å². The van der Waals surface area contributed by atoms with Crippen LogP contribution in [-0.2, 0) is 12.8 Å². The largest absolute Gasteiger partial charge is 1.00 e. The average Bonchev–Trinajstić information content (AvgIpc) is 2.70. The van der Waals surface area contributed by atoms with E-state index in [-0.39, 0.29) is 17.0 Å². The molecule has 1 aliphatic heterocycles. The van der Waals surface area contributed by atoms with Gasteiger partial charge in [0, 0.05) is 18.4 Å². The lowest BCUT2D eigenvalue weighted by Gasteiger charge is -2.16. The van der Waals surface area contributed by atoms with Gasteiger partial charge in [0.1, 0.15) is 13.1 Å². The summed E-state index contributed by atoms with van der Waals surface area (Å²) in [5.74, 6) is 3.09. The van der Waals surface area contributed by atoms with Crippen molar-refractivity contribution < 1.29 is 40.5 Å². The quantitative estimate of drug-likeness (QED) is 0.572. The minimum atomic E-state index is 0. The van der Waals surface area contributed by atoms with Crippen LogP contribution in [0, 0.1) is 0 Å². The number of ether oxygens (including phenoxy) is 4. The highest BCUT2D eigenvalue weighted by Gasteiger charge is 2.19. The first-order chi connectivity index (χ1) is 12.7. The van der Waals surface area contributed by atoms with Crippen LogP contribution < -0.4 is 35.9 Å². The fourth-order valence-electron chi connectivity index (χ4n) is 3.28. The molecule has 2 aromatic carbocycles. The van der Waals surface area contributed by atoms with Crippen molar-refractivity contribution in [1.82, 2.24) is 0 Å². The van der Waals surface area contributed by atoms with Gasteiger partial charge in [-0.15, -0.1) is 0 Å². The van der Waals surface area contributed by atoms with Gasteiger partial charge in [-0.3, -0.25) is 0 Å². The van der Waals surface area contributed by atoms with E-state index < -0.39 is 0 Å². The molecular weight excluding hydrogens is 410 g/mol. The molecule has 1 heterocycles. The molecule has 5 nitrogen and oxygen atoms in total. The Labute approximate surface area is 171 Å². The monoisotopic (exact) mass is 435 g/mol. The zero-order valence-corrected chi connectivity index (χ0v) is 17.8. The summed E-state index contributed by atoms with van der Waals surface area (Å²) in [5, 5.41) is 0. The van der Waals surface area contributed by atoms with Gasteiger partial charge in [0.05, 0.1) is 28.4 Å². The SMILES string of the molecule is COc1ccc(CC[N+]2=Cc3cc(OC)c(OC)cc3CC2)cc1OC.[Br-]. The van der Waals surface area contributed by atoms with Crippen LogP contribution in [0.25, 0.3) is 0 Å². The van der Waals surface area contributed by atoms with Gasteiger partial charge in [0.25, 0.3) is 0 Å². The van der Waals surface area contributed by atoms with Gasteiger partial charge in [0.2, 0.25) is 0 Å².